The Bertz CT molecular complexity index is 243. The predicted octanol–water partition coefficient (Wildman–Crippen LogP) is 0.588. The van der Waals surface area contributed by atoms with Gasteiger partial charge in [-0.1, -0.05) is 19.8 Å². The molecule has 94 valence electrons. The van der Waals surface area contributed by atoms with Gasteiger partial charge in [0, 0.05) is 6.04 Å². The van der Waals surface area contributed by atoms with Gasteiger partial charge >= 0.3 is 58.4 Å². The van der Waals surface area contributed by atoms with Crippen LogP contribution in [0, 0.1) is 0 Å². The van der Waals surface area contributed by atoms with E-state index in [1.165, 1.54) is 0 Å². The largest absolute Gasteiger partial charge is 1.00 e. The third-order valence-corrected chi connectivity index (χ3v) is 3.24. The zero-order valence-corrected chi connectivity index (χ0v) is 14.0. The molecule has 1 atom stereocenters. The summed E-state index contributed by atoms with van der Waals surface area (Å²) in [6, 6.07) is 0.327. The van der Waals surface area contributed by atoms with E-state index < -0.39 is 12.4 Å². The minimum absolute atomic E-state index is 0. The number of piperidine rings is 1. The quantitative estimate of drug-likeness (QED) is 0.663. The molecular weight excluding hydrogens is 253 g/mol. The summed E-state index contributed by atoms with van der Waals surface area (Å²) >= 11 is 0. The van der Waals surface area contributed by atoms with Gasteiger partial charge in [0.2, 0.25) is 0 Å². The first-order valence-corrected chi connectivity index (χ1v) is 6.06. The van der Waals surface area contributed by atoms with Crippen LogP contribution in [-0.4, -0.2) is 31.0 Å². The van der Waals surface area contributed by atoms with E-state index >= 15 is 0 Å². The average molecular weight is 273 g/mol. The molecule has 1 aliphatic rings. The second-order valence-electron chi connectivity index (χ2n) is 4.64. The van der Waals surface area contributed by atoms with Gasteiger partial charge in [0.15, 0.2) is 0 Å². The summed E-state index contributed by atoms with van der Waals surface area (Å²) < 4.78 is 37.4. The van der Waals surface area contributed by atoms with Crippen LogP contribution in [-0.2, 0) is 0 Å². The molecule has 1 fully saturated rings. The van der Waals surface area contributed by atoms with Crippen molar-refractivity contribution in [1.29, 1.82) is 0 Å². The van der Waals surface area contributed by atoms with Crippen molar-refractivity contribution in [2.24, 2.45) is 0 Å². The van der Waals surface area contributed by atoms with E-state index in [2.05, 4.69) is 13.5 Å². The Morgan fingerprint density at radius 1 is 1.35 bits per heavy atom. The smallest absolute Gasteiger partial charge is 0.445 e. The van der Waals surface area contributed by atoms with Crippen LogP contribution in [0.4, 0.5) is 12.9 Å². The van der Waals surface area contributed by atoms with Gasteiger partial charge in [-0.3, -0.25) is 4.90 Å². The number of hydrogen-bond donors (Lipinski definition) is 0. The van der Waals surface area contributed by atoms with E-state index in [1.807, 2.05) is 4.90 Å². The zero-order chi connectivity index (χ0) is 12.2. The van der Waals surface area contributed by atoms with Crippen molar-refractivity contribution < 1.29 is 64.3 Å². The molecule has 1 unspecified atom stereocenters. The van der Waals surface area contributed by atoms with Crippen LogP contribution in [0.5, 0.6) is 0 Å². The number of likely N-dealkylation sites (tertiary alicyclic amines) is 1. The van der Waals surface area contributed by atoms with Crippen molar-refractivity contribution in [1.82, 2.24) is 4.90 Å². The fourth-order valence-corrected chi connectivity index (χ4v) is 2.29. The van der Waals surface area contributed by atoms with Crippen LogP contribution < -0.4 is 51.4 Å². The van der Waals surface area contributed by atoms with Gasteiger partial charge in [0.1, 0.15) is 0 Å². The van der Waals surface area contributed by atoms with Crippen molar-refractivity contribution in [3.63, 3.8) is 0 Å². The standard InChI is InChI=1S/C11H20BF3N.K/c1-3-6-11-7-4-5-8-16(11)9-10(2)12(13,14)15;/h11H,2-9H2,1H3;/q-1;+1. The van der Waals surface area contributed by atoms with Crippen LogP contribution in [0.3, 0.4) is 0 Å². The van der Waals surface area contributed by atoms with Crippen LogP contribution in [0.1, 0.15) is 39.0 Å². The van der Waals surface area contributed by atoms with Crippen molar-refractivity contribution in [3.05, 3.63) is 12.1 Å². The summed E-state index contributed by atoms with van der Waals surface area (Å²) in [6.07, 6.45) is 5.22. The van der Waals surface area contributed by atoms with E-state index in [4.69, 9.17) is 0 Å². The van der Waals surface area contributed by atoms with Crippen molar-refractivity contribution in [3.8, 4) is 0 Å². The fourth-order valence-electron chi connectivity index (χ4n) is 2.29. The molecule has 1 saturated heterocycles. The molecule has 1 heterocycles. The molecule has 0 bridgehead atoms. The molecular formula is C11H20BF3KN. The number of hydrogen-bond acceptors (Lipinski definition) is 1. The molecule has 0 radical (unpaired) electrons. The van der Waals surface area contributed by atoms with Crippen LogP contribution >= 0.6 is 0 Å². The monoisotopic (exact) mass is 273 g/mol. The van der Waals surface area contributed by atoms with Crippen molar-refractivity contribution in [2.45, 2.75) is 45.1 Å². The second kappa shape index (κ2) is 8.38. The molecule has 0 amide bonds. The SMILES string of the molecule is C=C(CN1CCCCC1CCC)[B-](F)(F)F.[K+]. The van der Waals surface area contributed by atoms with Gasteiger partial charge in [-0.15, -0.1) is 12.1 Å². The summed E-state index contributed by atoms with van der Waals surface area (Å²) in [4.78, 5) is 1.96. The maximum atomic E-state index is 12.5. The number of halogens is 3. The molecule has 17 heavy (non-hydrogen) atoms. The van der Waals surface area contributed by atoms with E-state index in [0.717, 1.165) is 38.6 Å². The Morgan fingerprint density at radius 2 is 2.00 bits per heavy atom. The minimum atomic E-state index is -4.87. The first kappa shape index (κ1) is 18.2. The number of nitrogens with zero attached hydrogens (tertiary/aromatic N) is 1. The van der Waals surface area contributed by atoms with E-state index in [-0.39, 0.29) is 57.9 Å². The van der Waals surface area contributed by atoms with Gasteiger partial charge < -0.3 is 12.9 Å². The van der Waals surface area contributed by atoms with Crippen molar-refractivity contribution in [2.75, 3.05) is 13.1 Å². The van der Waals surface area contributed by atoms with E-state index in [1.54, 1.807) is 0 Å². The predicted molar refractivity (Wildman–Crippen MR) is 62.3 cm³/mol. The maximum absolute atomic E-state index is 12.5. The Morgan fingerprint density at radius 3 is 2.53 bits per heavy atom. The molecule has 6 heteroatoms. The molecule has 0 aromatic carbocycles. The Kier molecular flexibility index (Phi) is 8.97. The van der Waals surface area contributed by atoms with Crippen LogP contribution in [0.25, 0.3) is 0 Å². The molecule has 0 N–H and O–H groups in total. The second-order valence-corrected chi connectivity index (χ2v) is 4.64. The fraction of sp³-hybridized carbons (Fsp3) is 0.818. The molecule has 1 nitrogen and oxygen atoms in total. The van der Waals surface area contributed by atoms with Gasteiger partial charge in [-0.05, 0) is 32.4 Å². The maximum Gasteiger partial charge on any atom is 1.00 e. The molecule has 0 aliphatic carbocycles. The number of rotatable bonds is 5. The average Bonchev–Trinajstić information content (AvgIpc) is 2.20. The van der Waals surface area contributed by atoms with Crippen molar-refractivity contribution >= 4 is 6.98 Å². The first-order valence-electron chi connectivity index (χ1n) is 6.06. The van der Waals surface area contributed by atoms with E-state index in [9.17, 15) is 12.9 Å². The molecule has 1 rings (SSSR count). The minimum Gasteiger partial charge on any atom is -0.445 e. The Labute approximate surface area is 145 Å². The Hall–Kier alpha value is 1.19. The third-order valence-electron chi connectivity index (χ3n) is 3.24. The summed E-state index contributed by atoms with van der Waals surface area (Å²) in [6.45, 7) is 1.18. The first-order chi connectivity index (χ1) is 7.45. The summed E-state index contributed by atoms with van der Waals surface area (Å²) in [5.41, 5.74) is -0.553. The molecule has 0 spiro atoms. The summed E-state index contributed by atoms with van der Waals surface area (Å²) in [5.74, 6) is 0. The third kappa shape index (κ3) is 6.25. The van der Waals surface area contributed by atoms with Crippen LogP contribution in [0.2, 0.25) is 0 Å². The molecule has 0 aromatic rings. The van der Waals surface area contributed by atoms with Gasteiger partial charge in [-0.2, -0.15) is 0 Å². The zero-order valence-electron chi connectivity index (χ0n) is 10.9. The molecule has 0 saturated carbocycles. The van der Waals surface area contributed by atoms with E-state index in [0.29, 0.717) is 6.04 Å². The Balaban J connectivity index is 0.00000256. The normalized spacial score (nSPS) is 22.0. The molecule has 1 aliphatic heterocycles. The van der Waals surface area contributed by atoms with Crippen LogP contribution in [0.15, 0.2) is 12.1 Å². The summed E-state index contributed by atoms with van der Waals surface area (Å²) in [7, 11) is 0. The van der Waals surface area contributed by atoms with Gasteiger partial charge in [0.25, 0.3) is 0 Å². The molecule has 0 aromatic heterocycles. The van der Waals surface area contributed by atoms with Gasteiger partial charge in [-0.25, -0.2) is 0 Å². The summed E-state index contributed by atoms with van der Waals surface area (Å²) in [5, 5.41) is 0. The topological polar surface area (TPSA) is 3.24 Å². The van der Waals surface area contributed by atoms with Gasteiger partial charge in [0.05, 0.1) is 0 Å².